The molecule has 0 fully saturated rings. The van der Waals surface area contributed by atoms with Gasteiger partial charge in [0.1, 0.15) is 0 Å². The second kappa shape index (κ2) is 19.1. The van der Waals surface area contributed by atoms with Crippen molar-refractivity contribution < 1.29 is 19.5 Å². The zero-order chi connectivity index (χ0) is 32.4. The Morgan fingerprint density at radius 1 is 0.600 bits per heavy atom. The van der Waals surface area contributed by atoms with Crippen LogP contribution in [-0.2, 0) is 6.42 Å². The lowest BCUT2D eigenvalue weighted by Gasteiger charge is -2.17. The number of hydrogen-bond acceptors (Lipinski definition) is 5. The van der Waals surface area contributed by atoms with Crippen LogP contribution in [-0.4, -0.2) is 22.9 Å². The maximum absolute atomic E-state index is 13.1. The monoisotopic (exact) mass is 614 g/mol. The van der Waals surface area contributed by atoms with Gasteiger partial charge in [0.15, 0.2) is 0 Å². The zero-order valence-corrected chi connectivity index (χ0v) is 26.7. The van der Waals surface area contributed by atoms with Gasteiger partial charge in [-0.2, -0.15) is 0 Å². The van der Waals surface area contributed by atoms with E-state index >= 15 is 0 Å². The van der Waals surface area contributed by atoms with E-state index in [9.17, 15) is 19.5 Å². The van der Waals surface area contributed by atoms with Crippen LogP contribution in [0.15, 0.2) is 60.7 Å². The molecule has 0 aliphatic heterocycles. The molecule has 45 heavy (non-hydrogen) atoms. The third-order valence-corrected chi connectivity index (χ3v) is 8.11. The number of carbonyl (C=O) groups is 3. The predicted octanol–water partition coefficient (Wildman–Crippen LogP) is 9.08. The van der Waals surface area contributed by atoms with E-state index in [1.807, 2.05) is 0 Å². The number of nitrogens with two attached hydrogens (primary N) is 2. The number of amides is 2. The van der Waals surface area contributed by atoms with E-state index in [1.165, 1.54) is 76.7 Å². The summed E-state index contributed by atoms with van der Waals surface area (Å²) in [7, 11) is 0. The maximum atomic E-state index is 13.1. The normalized spacial score (nSPS) is 10.9. The number of carbonyl (C=O) groups excluding carboxylic acids is 2. The van der Waals surface area contributed by atoms with E-state index < -0.39 is 17.8 Å². The number of benzene rings is 3. The largest absolute Gasteiger partial charge is 0.478 e. The molecular weight excluding hydrogens is 564 g/mol. The van der Waals surface area contributed by atoms with Crippen LogP contribution < -0.4 is 22.1 Å². The molecular formula is C37H50N4O4. The Morgan fingerprint density at radius 2 is 1.02 bits per heavy atom. The molecule has 3 aromatic rings. The fraction of sp³-hybridized carbons (Fsp3) is 0.432. The van der Waals surface area contributed by atoms with Gasteiger partial charge in [0.25, 0.3) is 11.8 Å². The van der Waals surface area contributed by atoms with Gasteiger partial charge >= 0.3 is 5.97 Å². The van der Waals surface area contributed by atoms with Crippen LogP contribution in [0, 0.1) is 0 Å². The van der Waals surface area contributed by atoms with Crippen LogP contribution >= 0.6 is 0 Å². The number of unbranched alkanes of at least 4 members (excludes halogenated alkanes) is 13. The minimum Gasteiger partial charge on any atom is -0.478 e. The van der Waals surface area contributed by atoms with E-state index in [-0.39, 0.29) is 11.3 Å². The van der Waals surface area contributed by atoms with Crippen molar-refractivity contribution in [1.82, 2.24) is 0 Å². The summed E-state index contributed by atoms with van der Waals surface area (Å²) in [6, 6.07) is 16.0. The standard InChI is InChI=1S/C37H50N4O4/c1-2-3-4-5-6-7-8-9-10-11-12-13-14-15-16-32-33(37(44)45)25-31(40-35(42)27-17-21-29(38)22-18-27)26-34(32)41-36(43)28-19-23-30(39)24-20-28/h17-26H,2-16,38-39H2,1H3,(H,40,42)(H,41,43)(H,44,45). The fourth-order valence-electron chi connectivity index (χ4n) is 5.48. The Kier molecular flexibility index (Phi) is 15.0. The Balaban J connectivity index is 1.62. The first-order valence-corrected chi connectivity index (χ1v) is 16.5. The van der Waals surface area contributed by atoms with Gasteiger partial charge in [0, 0.05) is 33.9 Å². The van der Waals surface area contributed by atoms with E-state index in [2.05, 4.69) is 17.6 Å². The highest BCUT2D eigenvalue weighted by Gasteiger charge is 2.20. The number of aromatic carboxylic acids is 1. The maximum Gasteiger partial charge on any atom is 0.336 e. The molecule has 0 aliphatic carbocycles. The number of rotatable bonds is 20. The van der Waals surface area contributed by atoms with Crippen molar-refractivity contribution in [3.05, 3.63) is 82.9 Å². The average Bonchev–Trinajstić information content (AvgIpc) is 3.02. The van der Waals surface area contributed by atoms with Crippen LogP contribution in [0.4, 0.5) is 22.7 Å². The average molecular weight is 615 g/mol. The summed E-state index contributed by atoms with van der Waals surface area (Å²) in [5, 5.41) is 15.8. The lowest BCUT2D eigenvalue weighted by molar-refractivity contribution is 0.0695. The molecule has 3 aromatic carbocycles. The fourth-order valence-corrected chi connectivity index (χ4v) is 5.48. The van der Waals surface area contributed by atoms with Gasteiger partial charge in [-0.3, -0.25) is 9.59 Å². The molecule has 0 spiro atoms. The third kappa shape index (κ3) is 12.3. The summed E-state index contributed by atoms with van der Waals surface area (Å²) in [6.07, 6.45) is 17.7. The zero-order valence-electron chi connectivity index (χ0n) is 26.7. The van der Waals surface area contributed by atoms with E-state index in [0.717, 1.165) is 19.3 Å². The minimum absolute atomic E-state index is 0.0485. The molecule has 0 saturated carbocycles. The molecule has 0 bridgehead atoms. The van der Waals surface area contributed by atoms with Crippen LogP contribution in [0.2, 0.25) is 0 Å². The molecule has 2 amide bonds. The highest BCUT2D eigenvalue weighted by atomic mass is 16.4. The summed E-state index contributed by atoms with van der Waals surface area (Å²) in [4.78, 5) is 38.5. The van der Waals surface area contributed by atoms with Crippen molar-refractivity contribution in [2.24, 2.45) is 0 Å². The predicted molar refractivity (Wildman–Crippen MR) is 185 cm³/mol. The summed E-state index contributed by atoms with van der Waals surface area (Å²) in [5.41, 5.74) is 14.6. The molecule has 8 nitrogen and oxygen atoms in total. The molecule has 3 rings (SSSR count). The van der Waals surface area contributed by atoms with Crippen molar-refractivity contribution >= 4 is 40.5 Å². The Hall–Kier alpha value is -4.33. The molecule has 0 aromatic heterocycles. The van der Waals surface area contributed by atoms with Gasteiger partial charge in [0.2, 0.25) is 0 Å². The van der Waals surface area contributed by atoms with Gasteiger partial charge in [-0.05, 0) is 79.1 Å². The number of carboxylic acids is 1. The second-order valence-corrected chi connectivity index (χ2v) is 11.9. The quantitative estimate of drug-likeness (QED) is 0.0633. The lowest BCUT2D eigenvalue weighted by Crippen LogP contribution is -2.17. The number of nitrogens with one attached hydrogen (secondary N) is 2. The molecule has 0 atom stereocenters. The van der Waals surface area contributed by atoms with Crippen molar-refractivity contribution in [2.75, 3.05) is 22.1 Å². The van der Waals surface area contributed by atoms with Crippen molar-refractivity contribution in [1.29, 1.82) is 0 Å². The SMILES string of the molecule is CCCCCCCCCCCCCCCCc1c(NC(=O)c2ccc(N)cc2)cc(NC(=O)c2ccc(N)cc2)cc1C(=O)O. The second-order valence-electron chi connectivity index (χ2n) is 11.9. The van der Waals surface area contributed by atoms with E-state index in [4.69, 9.17) is 11.5 Å². The van der Waals surface area contributed by atoms with Gasteiger partial charge in [-0.1, -0.05) is 90.4 Å². The third-order valence-electron chi connectivity index (χ3n) is 8.11. The molecule has 8 heteroatoms. The van der Waals surface area contributed by atoms with Gasteiger partial charge in [0.05, 0.1) is 5.56 Å². The van der Waals surface area contributed by atoms with Crippen LogP contribution in [0.1, 0.15) is 133 Å². The Labute approximate surface area is 268 Å². The summed E-state index contributed by atoms with van der Waals surface area (Å²) < 4.78 is 0. The van der Waals surface area contributed by atoms with Crippen molar-refractivity contribution in [3.63, 3.8) is 0 Å². The first-order chi connectivity index (χ1) is 21.8. The summed E-state index contributed by atoms with van der Waals surface area (Å²) in [6.45, 7) is 2.25. The molecule has 242 valence electrons. The molecule has 0 radical (unpaired) electrons. The van der Waals surface area contributed by atoms with Gasteiger partial charge in [-0.25, -0.2) is 4.79 Å². The Morgan fingerprint density at radius 3 is 1.47 bits per heavy atom. The minimum atomic E-state index is -1.12. The number of carboxylic acid groups (broad SMARTS) is 1. The first-order valence-electron chi connectivity index (χ1n) is 16.5. The number of nitrogen functional groups attached to an aromatic ring is 2. The number of anilines is 4. The highest BCUT2D eigenvalue weighted by Crippen LogP contribution is 2.29. The molecule has 0 saturated heterocycles. The van der Waals surface area contributed by atoms with Crippen molar-refractivity contribution in [3.8, 4) is 0 Å². The van der Waals surface area contributed by atoms with Gasteiger partial charge < -0.3 is 27.2 Å². The van der Waals surface area contributed by atoms with Crippen LogP contribution in [0.25, 0.3) is 0 Å². The van der Waals surface area contributed by atoms with Gasteiger partial charge in [-0.15, -0.1) is 0 Å². The summed E-state index contributed by atoms with van der Waals surface area (Å²) in [5.74, 6) is -1.93. The highest BCUT2D eigenvalue weighted by molar-refractivity contribution is 6.08. The van der Waals surface area contributed by atoms with Crippen LogP contribution in [0.5, 0.6) is 0 Å². The van der Waals surface area contributed by atoms with E-state index in [1.54, 1.807) is 54.6 Å². The topological polar surface area (TPSA) is 148 Å². The van der Waals surface area contributed by atoms with E-state index in [0.29, 0.717) is 40.2 Å². The first kappa shape index (κ1) is 35.2. The smallest absolute Gasteiger partial charge is 0.336 e. The molecule has 7 N–H and O–H groups in total. The molecule has 0 unspecified atom stereocenters. The molecule has 0 heterocycles. The number of hydrogen-bond donors (Lipinski definition) is 5. The Bertz CT molecular complexity index is 1370. The van der Waals surface area contributed by atoms with Crippen LogP contribution in [0.3, 0.4) is 0 Å². The van der Waals surface area contributed by atoms with Crippen molar-refractivity contribution in [2.45, 2.75) is 103 Å². The lowest BCUT2D eigenvalue weighted by atomic mass is 9.97. The summed E-state index contributed by atoms with van der Waals surface area (Å²) >= 11 is 0. The molecule has 0 aliphatic rings.